The van der Waals surface area contributed by atoms with Crippen molar-refractivity contribution < 1.29 is 19.2 Å². The predicted molar refractivity (Wildman–Crippen MR) is 103 cm³/mol. The lowest BCUT2D eigenvalue weighted by atomic mass is 10.1. The number of carbonyl (C=O) groups excluding carboxylic acids is 2. The minimum Gasteiger partial charge on any atom is -0.463 e. The zero-order valence-electron chi connectivity index (χ0n) is 14.5. The number of rotatable bonds is 5. The van der Waals surface area contributed by atoms with Gasteiger partial charge in [-0.15, -0.1) is 0 Å². The summed E-state index contributed by atoms with van der Waals surface area (Å²) >= 11 is 0. The highest BCUT2D eigenvalue weighted by Crippen LogP contribution is 2.10. The molecule has 3 N–H and O–H groups in total. The van der Waals surface area contributed by atoms with E-state index in [0.29, 0.717) is 22.1 Å². The van der Waals surface area contributed by atoms with Crippen LogP contribution in [0.3, 0.4) is 0 Å². The lowest BCUT2D eigenvalue weighted by Crippen LogP contribution is -2.18. The van der Waals surface area contributed by atoms with E-state index >= 15 is 0 Å². The molecule has 1 heterocycles. The molecule has 140 valence electrons. The summed E-state index contributed by atoms with van der Waals surface area (Å²) < 4.78 is 5.37. The van der Waals surface area contributed by atoms with Gasteiger partial charge in [-0.3, -0.25) is 19.6 Å². The zero-order chi connectivity index (χ0) is 19.9. The Morgan fingerprint density at radius 1 is 1.11 bits per heavy atom. The van der Waals surface area contributed by atoms with Gasteiger partial charge in [-0.1, -0.05) is 24.3 Å². The Kier molecular flexibility index (Phi) is 5.73. The minimum atomic E-state index is -0.686. The fourth-order valence-corrected chi connectivity index (χ4v) is 2.40. The molecular weight excluding hydrogens is 362 g/mol. The van der Waals surface area contributed by atoms with Gasteiger partial charge < -0.3 is 4.42 Å². The normalized spacial score (nSPS) is 11.2. The van der Waals surface area contributed by atoms with E-state index in [0.717, 1.165) is 6.08 Å². The van der Waals surface area contributed by atoms with Crippen molar-refractivity contribution in [2.75, 3.05) is 0 Å². The lowest BCUT2D eigenvalue weighted by molar-refractivity contribution is -0.124. The summed E-state index contributed by atoms with van der Waals surface area (Å²) in [5.41, 5.74) is 5.10. The molecule has 0 atom stereocenters. The third-order valence-corrected chi connectivity index (χ3v) is 3.76. The molecule has 0 spiro atoms. The molecule has 0 radical (unpaired) electrons. The van der Waals surface area contributed by atoms with E-state index in [9.17, 15) is 14.4 Å². The van der Waals surface area contributed by atoms with Crippen LogP contribution in [0.5, 0.6) is 0 Å². The molecule has 8 heteroatoms. The van der Waals surface area contributed by atoms with Gasteiger partial charge in [0.15, 0.2) is 0 Å². The molecule has 2 aromatic carbocycles. The van der Waals surface area contributed by atoms with Crippen LogP contribution < -0.4 is 16.3 Å². The molecule has 0 unspecified atom stereocenters. The third kappa shape index (κ3) is 4.37. The molecule has 0 saturated heterocycles. The van der Waals surface area contributed by atoms with E-state index in [1.54, 1.807) is 42.5 Å². The third-order valence-electron chi connectivity index (χ3n) is 3.76. The standard InChI is InChI=1S/C20H15N3O5/c24-18(23-27)9-8-13-4-3-5-14(10-13)20(26)22-21-11-15-12-28-17-7-2-1-6-16(17)19(15)25/h1-12,27H,(H,22,26)(H,23,24). The average Bonchev–Trinajstić information content (AvgIpc) is 2.74. The Bertz CT molecular complexity index is 1150. The van der Waals surface area contributed by atoms with Gasteiger partial charge in [0, 0.05) is 11.6 Å². The van der Waals surface area contributed by atoms with Gasteiger partial charge in [0.05, 0.1) is 17.2 Å². The highest BCUT2D eigenvalue weighted by molar-refractivity contribution is 5.96. The quantitative estimate of drug-likeness (QED) is 0.272. The van der Waals surface area contributed by atoms with Gasteiger partial charge in [-0.05, 0) is 35.9 Å². The molecule has 28 heavy (non-hydrogen) atoms. The largest absolute Gasteiger partial charge is 0.463 e. The van der Waals surface area contributed by atoms with Crippen LogP contribution in [0.1, 0.15) is 21.5 Å². The Hall–Kier alpha value is -4.04. The van der Waals surface area contributed by atoms with Crippen molar-refractivity contribution in [1.29, 1.82) is 0 Å². The van der Waals surface area contributed by atoms with Crippen molar-refractivity contribution in [3.63, 3.8) is 0 Å². The van der Waals surface area contributed by atoms with E-state index in [-0.39, 0.29) is 11.0 Å². The first-order valence-electron chi connectivity index (χ1n) is 8.14. The van der Waals surface area contributed by atoms with E-state index in [2.05, 4.69) is 10.5 Å². The predicted octanol–water partition coefficient (Wildman–Crippen LogP) is 2.08. The van der Waals surface area contributed by atoms with Crippen molar-refractivity contribution in [2.45, 2.75) is 0 Å². The maximum Gasteiger partial charge on any atom is 0.271 e. The van der Waals surface area contributed by atoms with Crippen LogP contribution in [0.25, 0.3) is 17.0 Å². The van der Waals surface area contributed by atoms with Crippen molar-refractivity contribution >= 4 is 35.1 Å². The summed E-state index contributed by atoms with van der Waals surface area (Å²) in [7, 11) is 0. The Balaban J connectivity index is 1.72. The second kappa shape index (κ2) is 8.56. The number of hydrogen-bond donors (Lipinski definition) is 3. The van der Waals surface area contributed by atoms with E-state index in [4.69, 9.17) is 9.62 Å². The molecule has 3 aromatic rings. The molecule has 0 aliphatic carbocycles. The fourth-order valence-electron chi connectivity index (χ4n) is 2.40. The number of nitrogens with zero attached hydrogens (tertiary/aromatic N) is 1. The molecule has 1 aromatic heterocycles. The average molecular weight is 377 g/mol. The molecule has 2 amide bonds. The molecule has 3 rings (SSSR count). The maximum atomic E-state index is 12.3. The number of benzene rings is 2. The summed E-state index contributed by atoms with van der Waals surface area (Å²) in [6.45, 7) is 0. The monoisotopic (exact) mass is 377 g/mol. The van der Waals surface area contributed by atoms with Gasteiger partial charge in [0.1, 0.15) is 11.8 Å². The maximum absolute atomic E-state index is 12.3. The minimum absolute atomic E-state index is 0.200. The van der Waals surface area contributed by atoms with Gasteiger partial charge in [-0.2, -0.15) is 5.10 Å². The summed E-state index contributed by atoms with van der Waals surface area (Å²) in [4.78, 5) is 35.6. The second-order valence-electron chi connectivity index (χ2n) is 5.65. The molecule has 0 saturated carbocycles. The van der Waals surface area contributed by atoms with Crippen molar-refractivity contribution in [3.05, 3.63) is 87.8 Å². The number of para-hydroxylation sites is 1. The topological polar surface area (TPSA) is 121 Å². The first-order valence-corrected chi connectivity index (χ1v) is 8.14. The first-order chi connectivity index (χ1) is 13.6. The van der Waals surface area contributed by atoms with Crippen LogP contribution >= 0.6 is 0 Å². The number of carbonyl (C=O) groups is 2. The molecule has 8 nitrogen and oxygen atoms in total. The Morgan fingerprint density at radius 3 is 2.75 bits per heavy atom. The molecule has 0 aliphatic heterocycles. The van der Waals surface area contributed by atoms with Crippen LogP contribution in [0.4, 0.5) is 0 Å². The van der Waals surface area contributed by atoms with E-state index < -0.39 is 11.8 Å². The Labute approximate surface area is 158 Å². The number of fused-ring (bicyclic) bond motifs is 1. The van der Waals surface area contributed by atoms with Crippen molar-refractivity contribution in [1.82, 2.24) is 10.9 Å². The highest BCUT2D eigenvalue weighted by Gasteiger charge is 2.06. The summed E-state index contributed by atoms with van der Waals surface area (Å²) in [6.07, 6.45) is 5.05. The van der Waals surface area contributed by atoms with Crippen molar-refractivity contribution in [3.8, 4) is 0 Å². The number of hydrogen-bond acceptors (Lipinski definition) is 6. The number of hydroxylamine groups is 1. The summed E-state index contributed by atoms with van der Waals surface area (Å²) in [5.74, 6) is -1.18. The van der Waals surface area contributed by atoms with Crippen LogP contribution in [0.2, 0.25) is 0 Å². The van der Waals surface area contributed by atoms with Gasteiger partial charge in [0.25, 0.3) is 11.8 Å². The summed E-state index contributed by atoms with van der Waals surface area (Å²) in [6, 6.07) is 13.2. The lowest BCUT2D eigenvalue weighted by Gasteiger charge is -2.01. The fraction of sp³-hybridized carbons (Fsp3) is 0. The number of hydrazone groups is 1. The highest BCUT2D eigenvalue weighted by atomic mass is 16.5. The molecule has 0 aliphatic rings. The smallest absolute Gasteiger partial charge is 0.271 e. The van der Waals surface area contributed by atoms with Crippen LogP contribution in [0, 0.1) is 0 Å². The molecule has 0 fully saturated rings. The van der Waals surface area contributed by atoms with E-state index in [1.165, 1.54) is 30.1 Å². The van der Waals surface area contributed by atoms with Gasteiger partial charge in [0.2, 0.25) is 5.43 Å². The van der Waals surface area contributed by atoms with E-state index in [1.807, 2.05) is 0 Å². The molecular formula is C20H15N3O5. The van der Waals surface area contributed by atoms with Gasteiger partial charge in [-0.25, -0.2) is 10.9 Å². The SMILES string of the molecule is O=C(C=Cc1cccc(C(=O)NN=Cc2coc3ccccc3c2=O)c1)NO. The zero-order valence-corrected chi connectivity index (χ0v) is 14.5. The number of nitrogens with one attached hydrogen (secondary N) is 2. The van der Waals surface area contributed by atoms with Gasteiger partial charge >= 0.3 is 0 Å². The Morgan fingerprint density at radius 2 is 1.93 bits per heavy atom. The van der Waals surface area contributed by atoms with Crippen LogP contribution in [-0.4, -0.2) is 23.2 Å². The molecule has 0 bridgehead atoms. The van der Waals surface area contributed by atoms with Crippen LogP contribution in [-0.2, 0) is 4.79 Å². The summed E-state index contributed by atoms with van der Waals surface area (Å²) in [5, 5.41) is 12.7. The number of amides is 2. The second-order valence-corrected chi connectivity index (χ2v) is 5.65. The first kappa shape index (κ1) is 18.7. The van der Waals surface area contributed by atoms with Crippen LogP contribution in [0.15, 0.2) is 75.2 Å². The van der Waals surface area contributed by atoms with Crippen molar-refractivity contribution in [2.24, 2.45) is 5.10 Å².